The quantitative estimate of drug-likeness (QED) is 0.544. The lowest BCUT2D eigenvalue weighted by molar-refractivity contribution is -0.111. The Kier molecular flexibility index (Phi) is 6.31. The average molecular weight is 431 g/mol. The number of hydrogen-bond acceptors (Lipinski definition) is 3. The second-order valence-electron chi connectivity index (χ2n) is 5.98. The number of halogens is 2. The topological polar surface area (TPSA) is 75.3 Å². The van der Waals surface area contributed by atoms with Crippen molar-refractivity contribution in [2.75, 3.05) is 10.0 Å². The predicted molar refractivity (Wildman–Crippen MR) is 113 cm³/mol. The third-order valence-electron chi connectivity index (χ3n) is 3.85. The van der Waals surface area contributed by atoms with Gasteiger partial charge < -0.3 is 5.32 Å². The Hall–Kier alpha value is -3.16. The summed E-state index contributed by atoms with van der Waals surface area (Å²) < 4.78 is 40.2. The molecule has 0 saturated heterocycles. The molecule has 29 heavy (non-hydrogen) atoms. The van der Waals surface area contributed by atoms with Crippen LogP contribution in [0.15, 0.2) is 83.8 Å². The highest BCUT2D eigenvalue weighted by molar-refractivity contribution is 7.92. The number of para-hydroxylation sites is 1. The van der Waals surface area contributed by atoms with Gasteiger partial charge in [0.25, 0.3) is 10.0 Å². The summed E-state index contributed by atoms with van der Waals surface area (Å²) in [4.78, 5) is 12.0. The lowest BCUT2D eigenvalue weighted by Gasteiger charge is -2.10. The number of amides is 1. The molecule has 0 heterocycles. The highest BCUT2D eigenvalue weighted by atomic mass is 35.5. The molecule has 8 heteroatoms. The Bertz CT molecular complexity index is 1150. The summed E-state index contributed by atoms with van der Waals surface area (Å²) in [6, 6.07) is 17.9. The van der Waals surface area contributed by atoms with Gasteiger partial charge >= 0.3 is 0 Å². The summed E-state index contributed by atoms with van der Waals surface area (Å²) in [5.41, 5.74) is 1.38. The number of rotatable bonds is 6. The van der Waals surface area contributed by atoms with E-state index in [4.69, 9.17) is 11.6 Å². The van der Waals surface area contributed by atoms with Crippen LogP contribution in [-0.4, -0.2) is 14.3 Å². The van der Waals surface area contributed by atoms with E-state index in [1.165, 1.54) is 42.5 Å². The van der Waals surface area contributed by atoms with Crippen LogP contribution < -0.4 is 10.0 Å². The smallest absolute Gasteiger partial charge is 0.261 e. The van der Waals surface area contributed by atoms with Gasteiger partial charge in [-0.05, 0) is 60.2 Å². The van der Waals surface area contributed by atoms with Crippen LogP contribution in [0.3, 0.4) is 0 Å². The molecule has 0 atom stereocenters. The van der Waals surface area contributed by atoms with E-state index < -0.39 is 15.9 Å². The molecule has 0 spiro atoms. The molecular weight excluding hydrogens is 415 g/mol. The van der Waals surface area contributed by atoms with E-state index in [-0.39, 0.29) is 21.4 Å². The van der Waals surface area contributed by atoms with Gasteiger partial charge in [0.1, 0.15) is 5.82 Å². The Morgan fingerprint density at radius 2 is 1.59 bits per heavy atom. The SMILES string of the molecule is O=C(/C=C/c1ccc(F)cc1)Nc1ccc(S(=O)(=O)Nc2ccccc2Cl)cc1. The first-order chi connectivity index (χ1) is 13.8. The minimum absolute atomic E-state index is 0.0253. The standard InChI is InChI=1S/C21H16ClFN2O3S/c22-19-3-1-2-4-20(19)25-29(27,28)18-12-10-17(11-13-18)24-21(26)14-7-15-5-8-16(23)9-6-15/h1-14,25H,(H,24,26)/b14-7+. The van der Waals surface area contributed by atoms with E-state index in [1.807, 2.05) is 0 Å². The van der Waals surface area contributed by atoms with E-state index in [2.05, 4.69) is 10.0 Å². The Labute approximate surface area is 172 Å². The minimum atomic E-state index is -3.82. The van der Waals surface area contributed by atoms with Crippen LogP contribution in [0.4, 0.5) is 15.8 Å². The van der Waals surface area contributed by atoms with Crippen molar-refractivity contribution >= 4 is 45.0 Å². The van der Waals surface area contributed by atoms with Crippen LogP contribution in [-0.2, 0) is 14.8 Å². The summed E-state index contributed by atoms with van der Waals surface area (Å²) in [5, 5.41) is 2.91. The van der Waals surface area contributed by atoms with Crippen LogP contribution in [0.25, 0.3) is 6.08 Å². The molecule has 3 rings (SSSR count). The molecule has 0 aromatic heterocycles. The van der Waals surface area contributed by atoms with Crippen molar-refractivity contribution in [2.24, 2.45) is 0 Å². The van der Waals surface area contributed by atoms with Crippen LogP contribution in [0.5, 0.6) is 0 Å². The number of nitrogens with one attached hydrogen (secondary N) is 2. The fourth-order valence-electron chi connectivity index (χ4n) is 2.39. The number of benzene rings is 3. The molecule has 1 amide bonds. The highest BCUT2D eigenvalue weighted by Gasteiger charge is 2.15. The summed E-state index contributed by atoms with van der Waals surface area (Å²) in [5.74, 6) is -0.759. The summed E-state index contributed by atoms with van der Waals surface area (Å²) in [6.07, 6.45) is 2.85. The lowest BCUT2D eigenvalue weighted by Crippen LogP contribution is -2.13. The average Bonchev–Trinajstić information content (AvgIpc) is 2.70. The zero-order valence-corrected chi connectivity index (χ0v) is 16.5. The summed E-state index contributed by atoms with van der Waals surface area (Å²) in [6.45, 7) is 0. The van der Waals surface area contributed by atoms with Crippen LogP contribution >= 0.6 is 11.6 Å². The Morgan fingerprint density at radius 1 is 0.931 bits per heavy atom. The maximum atomic E-state index is 12.9. The maximum absolute atomic E-state index is 12.9. The van der Waals surface area contributed by atoms with Gasteiger partial charge in [-0.15, -0.1) is 0 Å². The molecule has 0 aliphatic rings. The predicted octanol–water partition coefficient (Wildman–Crippen LogP) is 4.93. The highest BCUT2D eigenvalue weighted by Crippen LogP contribution is 2.24. The van der Waals surface area contributed by atoms with Gasteiger partial charge in [-0.2, -0.15) is 0 Å². The van der Waals surface area contributed by atoms with E-state index in [0.29, 0.717) is 11.3 Å². The number of carbonyl (C=O) groups excluding carboxylic acids is 1. The van der Waals surface area contributed by atoms with Gasteiger partial charge in [-0.1, -0.05) is 35.9 Å². The molecular formula is C21H16ClFN2O3S. The van der Waals surface area contributed by atoms with E-state index in [0.717, 1.165) is 0 Å². The Morgan fingerprint density at radius 3 is 2.24 bits per heavy atom. The monoisotopic (exact) mass is 430 g/mol. The molecule has 0 radical (unpaired) electrons. The van der Waals surface area contributed by atoms with E-state index in [9.17, 15) is 17.6 Å². The third kappa shape index (κ3) is 5.66. The van der Waals surface area contributed by atoms with Gasteiger partial charge in [0.2, 0.25) is 5.91 Å². The normalized spacial score (nSPS) is 11.4. The van der Waals surface area contributed by atoms with Crippen molar-refractivity contribution in [3.05, 3.63) is 95.3 Å². The van der Waals surface area contributed by atoms with Crippen molar-refractivity contribution in [1.82, 2.24) is 0 Å². The molecule has 0 bridgehead atoms. The van der Waals surface area contributed by atoms with Crippen molar-refractivity contribution in [1.29, 1.82) is 0 Å². The van der Waals surface area contributed by atoms with Crippen LogP contribution in [0.1, 0.15) is 5.56 Å². The molecule has 0 aliphatic carbocycles. The molecule has 2 N–H and O–H groups in total. The van der Waals surface area contributed by atoms with Gasteiger partial charge in [0.05, 0.1) is 15.6 Å². The summed E-state index contributed by atoms with van der Waals surface area (Å²) in [7, 11) is -3.82. The maximum Gasteiger partial charge on any atom is 0.261 e. The van der Waals surface area contributed by atoms with Crippen molar-refractivity contribution in [3.8, 4) is 0 Å². The molecule has 148 valence electrons. The molecule has 0 unspecified atom stereocenters. The number of hydrogen-bond donors (Lipinski definition) is 2. The Balaban J connectivity index is 1.65. The van der Waals surface area contributed by atoms with Crippen molar-refractivity contribution in [2.45, 2.75) is 4.90 Å². The number of sulfonamides is 1. The first kappa shape index (κ1) is 20.6. The number of carbonyl (C=O) groups is 1. The minimum Gasteiger partial charge on any atom is -0.323 e. The third-order valence-corrected chi connectivity index (χ3v) is 5.56. The van der Waals surface area contributed by atoms with E-state index in [1.54, 1.807) is 42.5 Å². The largest absolute Gasteiger partial charge is 0.323 e. The van der Waals surface area contributed by atoms with Gasteiger partial charge in [0, 0.05) is 11.8 Å². The van der Waals surface area contributed by atoms with Gasteiger partial charge in [-0.3, -0.25) is 9.52 Å². The van der Waals surface area contributed by atoms with Crippen molar-refractivity contribution in [3.63, 3.8) is 0 Å². The van der Waals surface area contributed by atoms with Crippen LogP contribution in [0.2, 0.25) is 5.02 Å². The zero-order valence-electron chi connectivity index (χ0n) is 15.0. The molecule has 3 aromatic carbocycles. The first-order valence-electron chi connectivity index (χ1n) is 8.45. The zero-order chi connectivity index (χ0) is 20.9. The molecule has 0 fully saturated rings. The van der Waals surface area contributed by atoms with Crippen LogP contribution in [0, 0.1) is 5.82 Å². The van der Waals surface area contributed by atoms with Gasteiger partial charge in [0.15, 0.2) is 0 Å². The fourth-order valence-corrected chi connectivity index (χ4v) is 3.71. The lowest BCUT2D eigenvalue weighted by atomic mass is 10.2. The molecule has 0 aliphatic heterocycles. The number of anilines is 2. The second-order valence-corrected chi connectivity index (χ2v) is 8.07. The van der Waals surface area contributed by atoms with E-state index >= 15 is 0 Å². The summed E-state index contributed by atoms with van der Waals surface area (Å²) >= 11 is 5.98. The second kappa shape index (κ2) is 8.89. The molecule has 5 nitrogen and oxygen atoms in total. The van der Waals surface area contributed by atoms with Gasteiger partial charge in [-0.25, -0.2) is 12.8 Å². The molecule has 3 aromatic rings. The molecule has 0 saturated carbocycles. The first-order valence-corrected chi connectivity index (χ1v) is 10.3. The van der Waals surface area contributed by atoms with Crippen molar-refractivity contribution < 1.29 is 17.6 Å². The fraction of sp³-hybridized carbons (Fsp3) is 0.